The van der Waals surface area contributed by atoms with Crippen LogP contribution in [0.3, 0.4) is 0 Å². The smallest absolute Gasteiger partial charge is 0.337 e. The monoisotopic (exact) mass is 413 g/mol. The summed E-state index contributed by atoms with van der Waals surface area (Å²) < 4.78 is 1.81. The van der Waals surface area contributed by atoms with Crippen LogP contribution in [0.4, 0.5) is 5.69 Å². The van der Waals surface area contributed by atoms with Crippen LogP contribution in [0.1, 0.15) is 38.4 Å². The molecule has 3 rings (SSSR count). The zero-order valence-corrected chi connectivity index (χ0v) is 17.9. The number of para-hydroxylation sites is 1. The van der Waals surface area contributed by atoms with Gasteiger partial charge in [0.25, 0.3) is 5.91 Å². The molecule has 3 aromatic rings. The van der Waals surface area contributed by atoms with Gasteiger partial charge in [0.05, 0.1) is 11.3 Å². The minimum absolute atomic E-state index is 0.0370. The normalized spacial score (nSPS) is 11.1. The van der Waals surface area contributed by atoms with Gasteiger partial charge in [-0.1, -0.05) is 18.2 Å². The summed E-state index contributed by atoms with van der Waals surface area (Å²) in [6, 6.07) is 16.1. The van der Waals surface area contributed by atoms with Crippen molar-refractivity contribution in [2.24, 2.45) is 0 Å². The van der Waals surface area contributed by atoms with Crippen molar-refractivity contribution in [2.45, 2.75) is 27.7 Å². The fourth-order valence-corrected chi connectivity index (χ4v) is 3.48. The maximum atomic E-state index is 12.7. The molecule has 1 amide bonds. The van der Waals surface area contributed by atoms with E-state index in [-0.39, 0.29) is 11.1 Å². The molecule has 0 aliphatic carbocycles. The molecule has 31 heavy (non-hydrogen) atoms. The topological polar surface area (TPSA) is 95.1 Å². The lowest BCUT2D eigenvalue weighted by Crippen LogP contribution is -2.13. The maximum Gasteiger partial charge on any atom is 0.337 e. The Bertz CT molecular complexity index is 1260. The highest BCUT2D eigenvalue weighted by molar-refractivity contribution is 6.09. The van der Waals surface area contributed by atoms with Crippen LogP contribution >= 0.6 is 0 Å². The number of carbonyl (C=O) groups is 2. The number of nitriles is 1. The zero-order chi connectivity index (χ0) is 22.7. The van der Waals surface area contributed by atoms with E-state index in [1.807, 2.05) is 56.5 Å². The summed E-state index contributed by atoms with van der Waals surface area (Å²) in [5.41, 5.74) is 5.64. The fourth-order valence-electron chi connectivity index (χ4n) is 3.48. The molecule has 2 aromatic carbocycles. The number of hydrogen-bond acceptors (Lipinski definition) is 3. The molecule has 0 spiro atoms. The van der Waals surface area contributed by atoms with E-state index in [4.69, 9.17) is 0 Å². The number of benzene rings is 2. The second-order valence-corrected chi connectivity index (χ2v) is 7.41. The van der Waals surface area contributed by atoms with Crippen molar-refractivity contribution in [3.05, 3.63) is 87.7 Å². The number of hydrogen-bond donors (Lipinski definition) is 2. The highest BCUT2D eigenvalue weighted by Crippen LogP contribution is 2.25. The van der Waals surface area contributed by atoms with Crippen molar-refractivity contribution in [2.75, 3.05) is 5.32 Å². The van der Waals surface area contributed by atoms with Crippen molar-refractivity contribution in [1.29, 1.82) is 5.26 Å². The second-order valence-electron chi connectivity index (χ2n) is 7.41. The van der Waals surface area contributed by atoms with Gasteiger partial charge in [-0.3, -0.25) is 4.79 Å². The second kappa shape index (κ2) is 8.72. The molecule has 0 saturated heterocycles. The summed E-state index contributed by atoms with van der Waals surface area (Å²) >= 11 is 0. The van der Waals surface area contributed by atoms with E-state index in [1.165, 1.54) is 6.08 Å². The van der Waals surface area contributed by atoms with Crippen LogP contribution in [0, 0.1) is 39.0 Å². The molecule has 1 aromatic heterocycles. The number of aromatic nitrogens is 1. The van der Waals surface area contributed by atoms with Crippen LogP contribution in [0.2, 0.25) is 0 Å². The summed E-state index contributed by atoms with van der Waals surface area (Å²) in [4.78, 5) is 24.3. The predicted molar refractivity (Wildman–Crippen MR) is 120 cm³/mol. The number of anilines is 1. The van der Waals surface area contributed by atoms with Crippen molar-refractivity contribution in [3.63, 3.8) is 0 Å². The van der Waals surface area contributed by atoms with Crippen molar-refractivity contribution in [1.82, 2.24) is 4.57 Å². The van der Waals surface area contributed by atoms with E-state index >= 15 is 0 Å². The number of aromatic carboxylic acids is 1. The zero-order valence-electron chi connectivity index (χ0n) is 17.9. The molecule has 0 bridgehead atoms. The maximum absolute atomic E-state index is 12.7. The van der Waals surface area contributed by atoms with Gasteiger partial charge in [-0.15, -0.1) is 0 Å². The highest BCUT2D eigenvalue weighted by atomic mass is 16.4. The molecule has 6 nitrogen and oxygen atoms in total. The van der Waals surface area contributed by atoms with Crippen molar-refractivity contribution >= 4 is 23.6 Å². The Balaban J connectivity index is 1.98. The predicted octanol–water partition coefficient (Wildman–Crippen LogP) is 4.95. The molecule has 0 atom stereocenters. The number of carbonyl (C=O) groups excluding carboxylic acids is 1. The van der Waals surface area contributed by atoms with Crippen LogP contribution in [0.5, 0.6) is 0 Å². The van der Waals surface area contributed by atoms with Crippen LogP contribution in [0.25, 0.3) is 11.8 Å². The summed E-state index contributed by atoms with van der Waals surface area (Å²) in [6.07, 6.45) is 1.53. The van der Waals surface area contributed by atoms with Gasteiger partial charge in [0.2, 0.25) is 0 Å². The van der Waals surface area contributed by atoms with E-state index in [1.54, 1.807) is 30.3 Å². The van der Waals surface area contributed by atoms with Gasteiger partial charge in [-0.05, 0) is 80.8 Å². The molecule has 0 radical (unpaired) electrons. The van der Waals surface area contributed by atoms with Crippen molar-refractivity contribution < 1.29 is 14.7 Å². The molecule has 0 aliphatic heterocycles. The van der Waals surface area contributed by atoms with Gasteiger partial charge < -0.3 is 15.0 Å². The van der Waals surface area contributed by atoms with Crippen LogP contribution in [0.15, 0.2) is 54.1 Å². The Morgan fingerprint density at radius 1 is 1.03 bits per heavy atom. The standard InChI is InChI=1S/C25H23N3O3/c1-15-9-10-21(11-16(15)2)27-24(29)20(14-26)13-19-12-17(3)28(18(19)4)23-8-6-5-7-22(23)25(30)31/h5-13H,1-4H3,(H,27,29)(H,30,31)/b20-13-. The number of nitrogens with one attached hydrogen (secondary N) is 1. The van der Waals surface area contributed by atoms with E-state index in [0.717, 1.165) is 22.5 Å². The Morgan fingerprint density at radius 3 is 2.39 bits per heavy atom. The van der Waals surface area contributed by atoms with Crippen LogP contribution in [-0.4, -0.2) is 21.6 Å². The number of carboxylic acids is 1. The number of nitrogens with zero attached hydrogens (tertiary/aromatic N) is 2. The average molecular weight is 413 g/mol. The largest absolute Gasteiger partial charge is 0.478 e. The first kappa shape index (κ1) is 21.6. The summed E-state index contributed by atoms with van der Waals surface area (Å²) in [6.45, 7) is 7.62. The van der Waals surface area contributed by atoms with E-state index in [0.29, 0.717) is 16.9 Å². The molecule has 0 saturated carbocycles. The third-order valence-corrected chi connectivity index (χ3v) is 5.28. The minimum atomic E-state index is -1.02. The lowest BCUT2D eigenvalue weighted by atomic mass is 10.1. The van der Waals surface area contributed by atoms with Crippen LogP contribution in [-0.2, 0) is 4.79 Å². The highest BCUT2D eigenvalue weighted by Gasteiger charge is 2.17. The van der Waals surface area contributed by atoms with Gasteiger partial charge in [0.15, 0.2) is 0 Å². The minimum Gasteiger partial charge on any atom is -0.478 e. The first-order valence-electron chi connectivity index (χ1n) is 9.75. The van der Waals surface area contributed by atoms with Crippen LogP contribution < -0.4 is 5.32 Å². The Labute approximate surface area is 181 Å². The SMILES string of the molecule is Cc1ccc(NC(=O)/C(C#N)=C\c2cc(C)n(-c3ccccc3C(=O)O)c2C)cc1C. The van der Waals surface area contributed by atoms with Gasteiger partial charge in [0, 0.05) is 17.1 Å². The summed E-state index contributed by atoms with van der Waals surface area (Å²) in [5.74, 6) is -1.52. The van der Waals surface area contributed by atoms with Gasteiger partial charge in [0.1, 0.15) is 11.6 Å². The molecule has 1 heterocycles. The third kappa shape index (κ3) is 4.41. The average Bonchev–Trinajstić information content (AvgIpc) is 3.01. The number of carboxylic acid groups (broad SMARTS) is 1. The third-order valence-electron chi connectivity index (χ3n) is 5.28. The number of aryl methyl sites for hydroxylation is 3. The molecule has 0 unspecified atom stereocenters. The Morgan fingerprint density at radius 2 is 1.74 bits per heavy atom. The van der Waals surface area contributed by atoms with E-state index in [9.17, 15) is 20.0 Å². The van der Waals surface area contributed by atoms with Gasteiger partial charge in [-0.2, -0.15) is 5.26 Å². The lowest BCUT2D eigenvalue weighted by Gasteiger charge is -2.12. The number of amides is 1. The Kier molecular flexibility index (Phi) is 6.07. The first-order valence-corrected chi connectivity index (χ1v) is 9.75. The Hall–Kier alpha value is -4.11. The molecule has 6 heteroatoms. The van der Waals surface area contributed by atoms with Crippen molar-refractivity contribution in [3.8, 4) is 11.8 Å². The molecular formula is C25H23N3O3. The van der Waals surface area contributed by atoms with Gasteiger partial charge >= 0.3 is 5.97 Å². The quantitative estimate of drug-likeness (QED) is 0.457. The number of rotatable bonds is 5. The molecular weight excluding hydrogens is 390 g/mol. The fraction of sp³-hybridized carbons (Fsp3) is 0.160. The van der Waals surface area contributed by atoms with E-state index in [2.05, 4.69) is 5.32 Å². The summed E-state index contributed by atoms with van der Waals surface area (Å²) in [7, 11) is 0. The lowest BCUT2D eigenvalue weighted by molar-refractivity contribution is -0.112. The molecule has 0 aliphatic rings. The molecule has 2 N–H and O–H groups in total. The van der Waals surface area contributed by atoms with Gasteiger partial charge in [-0.25, -0.2) is 4.79 Å². The summed E-state index contributed by atoms with van der Waals surface area (Å²) in [5, 5.41) is 21.9. The molecule has 156 valence electrons. The first-order chi connectivity index (χ1) is 14.7. The van der Waals surface area contributed by atoms with E-state index < -0.39 is 11.9 Å². The molecule has 0 fully saturated rings.